The molecule has 0 spiro atoms. The van der Waals surface area contributed by atoms with Crippen LogP contribution in [0.4, 0.5) is 10.5 Å². The largest absolute Gasteiger partial charge is 0.494 e. The van der Waals surface area contributed by atoms with Gasteiger partial charge in [0, 0.05) is 12.4 Å². The Balaban J connectivity index is 1.85. The maximum atomic E-state index is 12.5. The van der Waals surface area contributed by atoms with Gasteiger partial charge in [0.15, 0.2) is 0 Å². The van der Waals surface area contributed by atoms with E-state index in [9.17, 15) is 9.59 Å². The van der Waals surface area contributed by atoms with Crippen molar-refractivity contribution in [2.24, 2.45) is 0 Å². The number of rotatable bonds is 4. The van der Waals surface area contributed by atoms with Crippen molar-refractivity contribution >= 4 is 34.7 Å². The van der Waals surface area contributed by atoms with Crippen LogP contribution in [0.25, 0.3) is 6.08 Å². The van der Waals surface area contributed by atoms with Gasteiger partial charge in [0.25, 0.3) is 11.1 Å². The van der Waals surface area contributed by atoms with Gasteiger partial charge in [-0.2, -0.15) is 0 Å². The molecule has 2 heterocycles. The van der Waals surface area contributed by atoms with Crippen LogP contribution in [0.15, 0.2) is 53.7 Å². The normalized spacial score (nSPS) is 16.2. The van der Waals surface area contributed by atoms with Crippen molar-refractivity contribution in [1.82, 2.24) is 4.98 Å². The summed E-state index contributed by atoms with van der Waals surface area (Å²) in [6.07, 6.45) is 4.98. The molecule has 0 aliphatic carbocycles. The van der Waals surface area contributed by atoms with Crippen molar-refractivity contribution < 1.29 is 14.3 Å². The van der Waals surface area contributed by atoms with Crippen LogP contribution in [0.3, 0.4) is 0 Å². The van der Waals surface area contributed by atoms with Gasteiger partial charge >= 0.3 is 0 Å². The first-order chi connectivity index (χ1) is 11.2. The molecule has 0 saturated carbocycles. The Kier molecular flexibility index (Phi) is 4.43. The van der Waals surface area contributed by atoms with Crippen LogP contribution < -0.4 is 9.64 Å². The fourth-order valence-electron chi connectivity index (χ4n) is 2.16. The van der Waals surface area contributed by atoms with Crippen molar-refractivity contribution in [2.45, 2.75) is 6.92 Å². The molecule has 1 aromatic carbocycles. The lowest BCUT2D eigenvalue weighted by Crippen LogP contribution is -2.27. The van der Waals surface area contributed by atoms with Crippen molar-refractivity contribution in [3.63, 3.8) is 0 Å². The summed E-state index contributed by atoms with van der Waals surface area (Å²) in [5, 5.41) is -0.306. The monoisotopic (exact) mass is 326 g/mol. The van der Waals surface area contributed by atoms with Gasteiger partial charge in [0.1, 0.15) is 5.75 Å². The first kappa shape index (κ1) is 15.3. The minimum atomic E-state index is -0.319. The highest BCUT2D eigenvalue weighted by atomic mass is 32.2. The summed E-state index contributed by atoms with van der Waals surface area (Å²) in [7, 11) is 0. The zero-order valence-corrected chi connectivity index (χ0v) is 13.2. The van der Waals surface area contributed by atoms with Gasteiger partial charge in [-0.15, -0.1) is 0 Å². The average Bonchev–Trinajstić information content (AvgIpc) is 2.84. The van der Waals surface area contributed by atoms with Crippen molar-refractivity contribution in [2.75, 3.05) is 11.5 Å². The maximum Gasteiger partial charge on any atom is 0.298 e. The number of imide groups is 1. The third-order valence-corrected chi connectivity index (χ3v) is 4.07. The Hall–Kier alpha value is -2.60. The number of anilines is 1. The number of benzene rings is 1. The molecular weight excluding hydrogens is 312 g/mol. The molecule has 3 rings (SSSR count). The molecule has 1 aromatic heterocycles. The Labute approximate surface area is 138 Å². The van der Waals surface area contributed by atoms with E-state index in [2.05, 4.69) is 4.98 Å². The zero-order valence-electron chi connectivity index (χ0n) is 12.4. The summed E-state index contributed by atoms with van der Waals surface area (Å²) >= 11 is 0.933. The number of nitrogens with zero attached hydrogens (tertiary/aromatic N) is 2. The Morgan fingerprint density at radius 3 is 2.48 bits per heavy atom. The van der Waals surface area contributed by atoms with Crippen LogP contribution in [0.1, 0.15) is 12.5 Å². The molecule has 1 aliphatic heterocycles. The second-order valence-electron chi connectivity index (χ2n) is 4.72. The summed E-state index contributed by atoms with van der Waals surface area (Å²) in [6, 6.07) is 10.5. The Morgan fingerprint density at radius 1 is 1.13 bits per heavy atom. The van der Waals surface area contributed by atoms with Crippen molar-refractivity contribution in [3.8, 4) is 5.75 Å². The zero-order chi connectivity index (χ0) is 16.2. The van der Waals surface area contributed by atoms with E-state index >= 15 is 0 Å². The molecule has 0 unspecified atom stereocenters. The van der Waals surface area contributed by atoms with E-state index in [4.69, 9.17) is 4.74 Å². The molecule has 23 heavy (non-hydrogen) atoms. The predicted molar refractivity (Wildman–Crippen MR) is 90.3 cm³/mol. The summed E-state index contributed by atoms with van der Waals surface area (Å²) in [4.78, 5) is 30.2. The van der Waals surface area contributed by atoms with Crippen LogP contribution >= 0.6 is 11.8 Å². The number of carbonyl (C=O) groups excluding carboxylic acids is 2. The minimum absolute atomic E-state index is 0.306. The summed E-state index contributed by atoms with van der Waals surface area (Å²) in [5.41, 5.74) is 1.37. The molecule has 0 N–H and O–H groups in total. The second kappa shape index (κ2) is 6.66. The number of amides is 2. The van der Waals surface area contributed by atoms with Crippen molar-refractivity contribution in [1.29, 1.82) is 0 Å². The SMILES string of the molecule is CCOc1ccc(N2C(=O)S/C(=C\c3ccncc3)C2=O)cc1. The third-order valence-electron chi connectivity index (χ3n) is 3.20. The van der Waals surface area contributed by atoms with Crippen LogP contribution in [0, 0.1) is 0 Å². The lowest BCUT2D eigenvalue weighted by Gasteiger charge is -2.13. The van der Waals surface area contributed by atoms with E-state index in [1.54, 1.807) is 54.9 Å². The van der Waals surface area contributed by atoms with Crippen molar-refractivity contribution in [3.05, 3.63) is 59.3 Å². The van der Waals surface area contributed by atoms with Gasteiger partial charge in [-0.1, -0.05) is 0 Å². The lowest BCUT2D eigenvalue weighted by atomic mass is 10.2. The van der Waals surface area contributed by atoms with Gasteiger partial charge in [-0.25, -0.2) is 4.90 Å². The minimum Gasteiger partial charge on any atom is -0.494 e. The van der Waals surface area contributed by atoms with E-state index < -0.39 is 0 Å². The average molecular weight is 326 g/mol. The number of hydrogen-bond donors (Lipinski definition) is 0. The van der Waals surface area contributed by atoms with Crippen LogP contribution in [-0.2, 0) is 4.79 Å². The maximum absolute atomic E-state index is 12.5. The van der Waals surface area contributed by atoms with E-state index in [1.165, 1.54) is 4.90 Å². The first-order valence-corrected chi connectivity index (χ1v) is 7.91. The molecule has 1 fully saturated rings. The molecule has 0 atom stereocenters. The van der Waals surface area contributed by atoms with E-state index in [0.29, 0.717) is 22.9 Å². The van der Waals surface area contributed by atoms with Crippen LogP contribution in [0.2, 0.25) is 0 Å². The number of carbonyl (C=O) groups is 2. The molecule has 1 saturated heterocycles. The number of thioether (sulfide) groups is 1. The fourth-order valence-corrected chi connectivity index (χ4v) is 3.00. The molecule has 0 radical (unpaired) electrons. The van der Waals surface area contributed by atoms with Crippen LogP contribution in [-0.4, -0.2) is 22.7 Å². The highest BCUT2D eigenvalue weighted by Gasteiger charge is 2.36. The molecule has 6 heteroatoms. The molecular formula is C17H14N2O3S. The quantitative estimate of drug-likeness (QED) is 0.801. The number of ether oxygens (including phenoxy) is 1. The van der Waals surface area contributed by atoms with Gasteiger partial charge in [0.05, 0.1) is 17.2 Å². The highest BCUT2D eigenvalue weighted by molar-refractivity contribution is 8.19. The molecule has 0 bridgehead atoms. The molecule has 2 amide bonds. The van der Waals surface area contributed by atoms with Gasteiger partial charge < -0.3 is 4.74 Å². The highest BCUT2D eigenvalue weighted by Crippen LogP contribution is 2.36. The number of hydrogen-bond acceptors (Lipinski definition) is 5. The van der Waals surface area contributed by atoms with Gasteiger partial charge in [0.2, 0.25) is 0 Å². The van der Waals surface area contributed by atoms with Crippen LogP contribution in [0.5, 0.6) is 5.75 Å². The summed E-state index contributed by atoms with van der Waals surface area (Å²) in [6.45, 7) is 2.46. The number of pyridine rings is 1. The molecule has 2 aromatic rings. The molecule has 5 nitrogen and oxygen atoms in total. The van der Waals surface area contributed by atoms with E-state index in [1.807, 2.05) is 6.92 Å². The third kappa shape index (κ3) is 3.27. The van der Waals surface area contributed by atoms with E-state index in [-0.39, 0.29) is 11.1 Å². The topological polar surface area (TPSA) is 59.5 Å². The smallest absolute Gasteiger partial charge is 0.298 e. The molecule has 116 valence electrons. The summed E-state index contributed by atoms with van der Waals surface area (Å²) < 4.78 is 5.37. The van der Waals surface area contributed by atoms with E-state index in [0.717, 1.165) is 17.3 Å². The van der Waals surface area contributed by atoms with Gasteiger partial charge in [-0.05, 0) is 66.7 Å². The molecule has 1 aliphatic rings. The van der Waals surface area contributed by atoms with Gasteiger partial charge in [-0.3, -0.25) is 14.6 Å². The number of aromatic nitrogens is 1. The second-order valence-corrected chi connectivity index (χ2v) is 5.72. The Morgan fingerprint density at radius 2 is 1.83 bits per heavy atom. The Bertz CT molecular complexity index is 757. The lowest BCUT2D eigenvalue weighted by molar-refractivity contribution is -0.113. The predicted octanol–water partition coefficient (Wildman–Crippen LogP) is 3.72. The standard InChI is InChI=1S/C17H14N2O3S/c1-2-22-14-5-3-13(4-6-14)19-16(20)15(23-17(19)21)11-12-7-9-18-10-8-12/h3-11H,2H2,1H3/b15-11-. The first-order valence-electron chi connectivity index (χ1n) is 7.10. The summed E-state index contributed by atoms with van der Waals surface area (Å²) in [5.74, 6) is 0.386. The fraction of sp³-hybridized carbons (Fsp3) is 0.118.